The number of rotatable bonds is 5. The normalized spacial score (nSPS) is 10.9. The zero-order valence-corrected chi connectivity index (χ0v) is 20.2. The molecule has 5 aromatic rings. The number of carbonyl (C=O) groups is 1. The van der Waals surface area contributed by atoms with E-state index >= 15 is 0 Å². The predicted octanol–water partition coefficient (Wildman–Crippen LogP) is 6.83. The van der Waals surface area contributed by atoms with Crippen LogP contribution < -0.4 is 15.4 Å². The Morgan fingerprint density at radius 1 is 1.03 bits per heavy atom. The van der Waals surface area contributed by atoms with Crippen molar-refractivity contribution in [2.75, 3.05) is 11.9 Å². The Bertz CT molecular complexity index is 1560. The number of aromatic nitrogens is 1. The standard InChI is InChI=1S/C27H20ClN3O3S/c1-2-33-18-12-9-16(10-13-18)25(32)31-27(35)29-17-11-14-24-23(15-17)30-26(34-24)21-7-3-6-20-19(21)5-4-8-22(20)28/h3-15H,2H2,1H3,(H2,29,31,32,35). The number of nitrogens with zero attached hydrogens (tertiary/aromatic N) is 1. The molecule has 0 atom stereocenters. The van der Waals surface area contributed by atoms with Crippen LogP contribution in [0.25, 0.3) is 33.3 Å². The molecule has 0 fully saturated rings. The number of ether oxygens (including phenoxy) is 1. The Morgan fingerprint density at radius 2 is 1.80 bits per heavy atom. The summed E-state index contributed by atoms with van der Waals surface area (Å²) in [5.41, 5.74) is 3.30. The molecule has 6 nitrogen and oxygen atoms in total. The van der Waals surface area contributed by atoms with Crippen LogP contribution in [0, 0.1) is 0 Å². The lowest BCUT2D eigenvalue weighted by Crippen LogP contribution is -2.34. The Kier molecular flexibility index (Phi) is 6.35. The van der Waals surface area contributed by atoms with E-state index in [-0.39, 0.29) is 11.0 Å². The molecule has 8 heteroatoms. The number of hydrogen-bond acceptors (Lipinski definition) is 5. The fourth-order valence-electron chi connectivity index (χ4n) is 3.79. The Labute approximate surface area is 211 Å². The number of carbonyl (C=O) groups excluding carboxylic acids is 1. The van der Waals surface area contributed by atoms with Crippen LogP contribution in [-0.4, -0.2) is 22.6 Å². The van der Waals surface area contributed by atoms with Gasteiger partial charge in [-0.25, -0.2) is 4.98 Å². The van der Waals surface area contributed by atoms with Crippen molar-refractivity contribution in [2.24, 2.45) is 0 Å². The number of halogens is 1. The van der Waals surface area contributed by atoms with Gasteiger partial charge in [0.15, 0.2) is 10.7 Å². The summed E-state index contributed by atoms with van der Waals surface area (Å²) < 4.78 is 11.4. The van der Waals surface area contributed by atoms with Gasteiger partial charge in [0.2, 0.25) is 5.89 Å². The van der Waals surface area contributed by atoms with Gasteiger partial charge in [0.25, 0.3) is 5.91 Å². The molecule has 174 valence electrons. The quantitative estimate of drug-likeness (QED) is 0.257. The Hall–Kier alpha value is -3.94. The van der Waals surface area contributed by atoms with Crippen molar-refractivity contribution in [2.45, 2.75) is 6.92 Å². The fraction of sp³-hybridized carbons (Fsp3) is 0.0741. The second-order valence-electron chi connectivity index (χ2n) is 7.71. The molecule has 0 spiro atoms. The lowest BCUT2D eigenvalue weighted by molar-refractivity contribution is 0.0977. The average Bonchev–Trinajstić information content (AvgIpc) is 3.28. The molecule has 0 unspecified atom stereocenters. The first kappa shape index (κ1) is 22.8. The first-order chi connectivity index (χ1) is 17.0. The van der Waals surface area contributed by atoms with Gasteiger partial charge >= 0.3 is 0 Å². The second kappa shape index (κ2) is 9.74. The second-order valence-corrected chi connectivity index (χ2v) is 8.52. The predicted molar refractivity (Wildman–Crippen MR) is 143 cm³/mol. The van der Waals surface area contributed by atoms with Gasteiger partial charge in [-0.15, -0.1) is 0 Å². The summed E-state index contributed by atoms with van der Waals surface area (Å²) >= 11 is 11.7. The molecular formula is C27H20ClN3O3S. The van der Waals surface area contributed by atoms with Crippen LogP contribution in [0.4, 0.5) is 5.69 Å². The highest BCUT2D eigenvalue weighted by molar-refractivity contribution is 7.80. The number of benzene rings is 4. The Balaban J connectivity index is 1.33. The van der Waals surface area contributed by atoms with E-state index in [9.17, 15) is 4.79 Å². The van der Waals surface area contributed by atoms with Gasteiger partial charge in [0.1, 0.15) is 11.3 Å². The highest BCUT2D eigenvalue weighted by atomic mass is 35.5. The van der Waals surface area contributed by atoms with Crippen molar-refractivity contribution in [3.05, 3.63) is 89.4 Å². The Morgan fingerprint density at radius 3 is 2.60 bits per heavy atom. The van der Waals surface area contributed by atoms with Gasteiger partial charge in [0.05, 0.1) is 6.61 Å². The molecule has 1 heterocycles. The molecule has 0 bridgehead atoms. The van der Waals surface area contributed by atoms with Crippen molar-refractivity contribution < 1.29 is 13.9 Å². The molecule has 0 radical (unpaired) electrons. The van der Waals surface area contributed by atoms with E-state index < -0.39 is 0 Å². The summed E-state index contributed by atoms with van der Waals surface area (Å²) in [7, 11) is 0. The van der Waals surface area contributed by atoms with Gasteiger partial charge in [-0.3, -0.25) is 10.1 Å². The van der Waals surface area contributed by atoms with Gasteiger partial charge in [-0.05, 0) is 79.1 Å². The minimum absolute atomic E-state index is 0.177. The number of thiocarbonyl (C=S) groups is 1. The molecule has 0 aliphatic carbocycles. The highest BCUT2D eigenvalue weighted by Gasteiger charge is 2.14. The summed E-state index contributed by atoms with van der Waals surface area (Å²) in [6.45, 7) is 2.47. The average molecular weight is 502 g/mol. The molecule has 1 aromatic heterocycles. The topological polar surface area (TPSA) is 76.4 Å². The molecular weight excluding hydrogens is 482 g/mol. The molecule has 1 amide bonds. The molecule has 35 heavy (non-hydrogen) atoms. The van der Waals surface area contributed by atoms with Crippen LogP contribution in [0.5, 0.6) is 5.75 Å². The maximum Gasteiger partial charge on any atom is 0.257 e. The first-order valence-corrected chi connectivity index (χ1v) is 11.7. The van der Waals surface area contributed by atoms with Crippen molar-refractivity contribution in [3.63, 3.8) is 0 Å². The van der Waals surface area contributed by atoms with Gasteiger partial charge in [-0.2, -0.15) is 0 Å². The monoisotopic (exact) mass is 501 g/mol. The van der Waals surface area contributed by atoms with Crippen molar-refractivity contribution in [1.29, 1.82) is 0 Å². The minimum Gasteiger partial charge on any atom is -0.494 e. The molecule has 0 aliphatic heterocycles. The third-order valence-electron chi connectivity index (χ3n) is 5.40. The number of nitrogens with one attached hydrogen (secondary N) is 2. The maximum atomic E-state index is 12.5. The molecule has 0 saturated carbocycles. The van der Waals surface area contributed by atoms with Crippen LogP contribution in [0.1, 0.15) is 17.3 Å². The summed E-state index contributed by atoms with van der Waals surface area (Å²) in [6.07, 6.45) is 0. The SMILES string of the molecule is CCOc1ccc(C(=O)NC(=S)Nc2ccc3oc(-c4cccc5c(Cl)cccc45)nc3c2)cc1. The van der Waals surface area contributed by atoms with Crippen molar-refractivity contribution >= 4 is 62.4 Å². The number of fused-ring (bicyclic) bond motifs is 2. The van der Waals surface area contributed by atoms with Crippen LogP contribution in [-0.2, 0) is 0 Å². The molecule has 5 rings (SSSR count). The van der Waals surface area contributed by atoms with Crippen molar-refractivity contribution in [1.82, 2.24) is 10.3 Å². The van der Waals surface area contributed by atoms with E-state index in [1.807, 2.05) is 61.5 Å². The number of hydrogen-bond donors (Lipinski definition) is 2. The lowest BCUT2D eigenvalue weighted by atomic mass is 10.0. The van der Waals surface area contributed by atoms with E-state index in [2.05, 4.69) is 15.6 Å². The number of oxazole rings is 1. The van der Waals surface area contributed by atoms with Crippen LogP contribution in [0.3, 0.4) is 0 Å². The largest absolute Gasteiger partial charge is 0.494 e. The molecule has 4 aromatic carbocycles. The minimum atomic E-state index is -0.315. The first-order valence-electron chi connectivity index (χ1n) is 11.0. The summed E-state index contributed by atoms with van der Waals surface area (Å²) in [5.74, 6) is 0.887. The lowest BCUT2D eigenvalue weighted by Gasteiger charge is -2.10. The number of anilines is 1. The third-order valence-corrected chi connectivity index (χ3v) is 5.93. The van der Waals surface area contributed by atoms with Crippen LogP contribution >= 0.6 is 23.8 Å². The highest BCUT2D eigenvalue weighted by Crippen LogP contribution is 2.34. The smallest absolute Gasteiger partial charge is 0.257 e. The maximum absolute atomic E-state index is 12.5. The van der Waals surface area contributed by atoms with Gasteiger partial charge in [-0.1, -0.05) is 35.9 Å². The van der Waals surface area contributed by atoms with E-state index in [0.717, 1.165) is 16.3 Å². The third kappa shape index (κ3) is 4.82. The molecule has 0 aliphatic rings. The summed E-state index contributed by atoms with van der Waals surface area (Å²) in [5, 5.41) is 8.46. The van der Waals surface area contributed by atoms with Crippen molar-refractivity contribution in [3.8, 4) is 17.2 Å². The zero-order chi connectivity index (χ0) is 24.4. The van der Waals surface area contributed by atoms with Crippen LogP contribution in [0.15, 0.2) is 83.3 Å². The van der Waals surface area contributed by atoms with E-state index in [4.69, 9.17) is 33.0 Å². The fourth-order valence-corrected chi connectivity index (χ4v) is 4.23. The van der Waals surface area contributed by atoms with Gasteiger partial charge in [0, 0.05) is 27.2 Å². The van der Waals surface area contributed by atoms with Gasteiger partial charge < -0.3 is 14.5 Å². The van der Waals surface area contributed by atoms with E-state index in [0.29, 0.717) is 45.6 Å². The van der Waals surface area contributed by atoms with E-state index in [1.54, 1.807) is 24.3 Å². The summed E-state index contributed by atoms with van der Waals surface area (Å²) in [4.78, 5) is 17.2. The number of amides is 1. The zero-order valence-electron chi connectivity index (χ0n) is 18.7. The molecule has 2 N–H and O–H groups in total. The molecule has 0 saturated heterocycles. The van der Waals surface area contributed by atoms with E-state index in [1.165, 1.54) is 0 Å². The van der Waals surface area contributed by atoms with Crippen LogP contribution in [0.2, 0.25) is 5.02 Å². The summed E-state index contributed by atoms with van der Waals surface area (Å²) in [6, 6.07) is 23.9.